The first-order valence-electron chi connectivity index (χ1n) is 6.52. The van der Waals surface area contributed by atoms with Gasteiger partial charge in [-0.2, -0.15) is 0 Å². The van der Waals surface area contributed by atoms with Gasteiger partial charge in [-0.05, 0) is 24.6 Å². The molecule has 2 aromatic rings. The van der Waals surface area contributed by atoms with Crippen LogP contribution in [0.5, 0.6) is 0 Å². The molecule has 0 unspecified atom stereocenters. The van der Waals surface area contributed by atoms with Gasteiger partial charge in [-0.3, -0.25) is 9.69 Å². The molecule has 0 saturated carbocycles. The van der Waals surface area contributed by atoms with E-state index in [1.54, 1.807) is 23.3 Å². The minimum absolute atomic E-state index is 0.0715. The lowest BCUT2D eigenvalue weighted by molar-refractivity contribution is -0.123. The number of nitrogens with zero attached hydrogens (tertiary/aromatic N) is 1. The summed E-state index contributed by atoms with van der Waals surface area (Å²) in [5.74, 6) is 0.584. The van der Waals surface area contributed by atoms with Crippen LogP contribution in [0.4, 0.5) is 0 Å². The third-order valence-corrected chi connectivity index (χ3v) is 4.64. The first-order chi connectivity index (χ1) is 10.2. The van der Waals surface area contributed by atoms with Crippen molar-refractivity contribution in [3.8, 4) is 0 Å². The lowest BCUT2D eigenvalue weighted by Gasteiger charge is -2.23. The summed E-state index contributed by atoms with van der Waals surface area (Å²) in [5.41, 5.74) is 1.06. The molecule has 1 saturated heterocycles. The molecule has 0 aliphatic carbocycles. The second-order valence-corrected chi connectivity index (χ2v) is 6.33. The maximum atomic E-state index is 12.6. The van der Waals surface area contributed by atoms with E-state index in [1.165, 1.54) is 11.8 Å². The lowest BCUT2D eigenvalue weighted by Crippen LogP contribution is -2.30. The average Bonchev–Trinajstić information content (AvgIpc) is 3.09. The van der Waals surface area contributed by atoms with E-state index < -0.39 is 0 Å². The number of furan rings is 1. The third kappa shape index (κ3) is 2.80. The largest absolute Gasteiger partial charge is 0.465 e. The summed E-state index contributed by atoms with van der Waals surface area (Å²) in [6.07, 6.45) is 3.32. The highest BCUT2D eigenvalue weighted by Crippen LogP contribution is 2.37. The molecule has 3 nitrogen and oxygen atoms in total. The van der Waals surface area contributed by atoms with Crippen LogP contribution in [0.2, 0.25) is 0 Å². The zero-order chi connectivity index (χ0) is 14.8. The van der Waals surface area contributed by atoms with Crippen LogP contribution in [0.25, 0.3) is 6.08 Å². The topological polar surface area (TPSA) is 33.5 Å². The average molecular weight is 315 g/mol. The smallest absolute Gasteiger partial charge is 0.266 e. The molecule has 1 amide bonds. The highest BCUT2D eigenvalue weighted by Gasteiger charge is 2.36. The molecule has 2 heterocycles. The van der Waals surface area contributed by atoms with Gasteiger partial charge in [-0.1, -0.05) is 54.3 Å². The van der Waals surface area contributed by atoms with E-state index in [0.29, 0.717) is 15.0 Å². The molecular weight excluding hydrogens is 302 g/mol. The van der Waals surface area contributed by atoms with E-state index >= 15 is 0 Å². The highest BCUT2D eigenvalue weighted by atomic mass is 32.2. The molecule has 0 radical (unpaired) electrons. The Labute approximate surface area is 132 Å². The number of hydrogen-bond donors (Lipinski definition) is 0. The quantitative estimate of drug-likeness (QED) is 0.626. The van der Waals surface area contributed by atoms with Gasteiger partial charge in [0.15, 0.2) is 0 Å². The van der Waals surface area contributed by atoms with Crippen molar-refractivity contribution in [3.05, 3.63) is 65.0 Å². The van der Waals surface area contributed by atoms with Gasteiger partial charge in [0, 0.05) is 6.08 Å². The Kier molecular flexibility index (Phi) is 3.94. The van der Waals surface area contributed by atoms with Gasteiger partial charge in [-0.25, -0.2) is 0 Å². The summed E-state index contributed by atoms with van der Waals surface area (Å²) in [7, 11) is 0. The van der Waals surface area contributed by atoms with Crippen molar-refractivity contribution in [2.24, 2.45) is 0 Å². The molecule has 0 spiro atoms. The fourth-order valence-corrected chi connectivity index (χ4v) is 3.60. The summed E-state index contributed by atoms with van der Waals surface area (Å²) in [6, 6.07) is 13.4. The molecule has 1 atom stereocenters. The third-order valence-electron chi connectivity index (χ3n) is 3.31. The molecule has 1 aliphatic heterocycles. The molecule has 1 aromatic heterocycles. The maximum absolute atomic E-state index is 12.6. The summed E-state index contributed by atoms with van der Waals surface area (Å²) >= 11 is 6.68. The molecule has 106 valence electrons. The zero-order valence-corrected chi connectivity index (χ0v) is 13.0. The molecule has 1 fully saturated rings. The number of rotatable bonds is 3. The summed E-state index contributed by atoms with van der Waals surface area (Å²) in [6.45, 7) is 1.98. The van der Waals surface area contributed by atoms with E-state index in [9.17, 15) is 4.79 Å². The molecular formula is C16H13NO2S2. The van der Waals surface area contributed by atoms with Crippen molar-refractivity contribution >= 4 is 40.3 Å². The molecule has 0 bridgehead atoms. The van der Waals surface area contributed by atoms with E-state index in [2.05, 4.69) is 0 Å². The Hall–Kier alpha value is -1.85. The minimum atomic E-state index is -0.0822. The zero-order valence-electron chi connectivity index (χ0n) is 11.4. The highest BCUT2D eigenvalue weighted by molar-refractivity contribution is 8.26. The van der Waals surface area contributed by atoms with Crippen LogP contribution in [0.1, 0.15) is 24.3 Å². The minimum Gasteiger partial charge on any atom is -0.465 e. The maximum Gasteiger partial charge on any atom is 0.266 e. The van der Waals surface area contributed by atoms with Crippen molar-refractivity contribution in [1.29, 1.82) is 0 Å². The molecule has 21 heavy (non-hydrogen) atoms. The first-order valence-corrected chi connectivity index (χ1v) is 7.75. The Morgan fingerprint density at radius 1 is 1.24 bits per heavy atom. The van der Waals surface area contributed by atoms with Gasteiger partial charge in [0.05, 0.1) is 17.2 Å². The Balaban J connectivity index is 1.88. The number of thioether (sulfide) groups is 1. The van der Waals surface area contributed by atoms with Crippen molar-refractivity contribution in [2.75, 3.05) is 0 Å². The van der Waals surface area contributed by atoms with Crippen molar-refractivity contribution in [3.63, 3.8) is 0 Å². The summed E-state index contributed by atoms with van der Waals surface area (Å²) in [4.78, 5) is 14.8. The SMILES string of the molecule is C[C@@H](c1ccccc1)N1C(=O)/C(=C/c2ccco2)SC1=S. The number of amides is 1. The second-order valence-electron chi connectivity index (χ2n) is 4.65. The predicted octanol–water partition coefficient (Wildman–Crippen LogP) is 4.24. The molecule has 0 N–H and O–H groups in total. The van der Waals surface area contributed by atoms with Crippen LogP contribution in [0.15, 0.2) is 58.1 Å². The van der Waals surface area contributed by atoms with Gasteiger partial charge in [0.1, 0.15) is 10.1 Å². The van der Waals surface area contributed by atoms with Crippen LogP contribution in [0.3, 0.4) is 0 Å². The van der Waals surface area contributed by atoms with Crippen LogP contribution in [-0.4, -0.2) is 15.1 Å². The van der Waals surface area contributed by atoms with Crippen molar-refractivity contribution in [2.45, 2.75) is 13.0 Å². The van der Waals surface area contributed by atoms with Gasteiger partial charge < -0.3 is 4.42 Å². The number of carbonyl (C=O) groups excluding carboxylic acids is 1. The number of thiocarbonyl (C=S) groups is 1. The molecule has 3 rings (SSSR count). The monoisotopic (exact) mass is 315 g/mol. The van der Waals surface area contributed by atoms with E-state index in [1.807, 2.05) is 43.3 Å². The summed E-state index contributed by atoms with van der Waals surface area (Å²) < 4.78 is 5.83. The first kappa shape index (κ1) is 14.1. The predicted molar refractivity (Wildman–Crippen MR) is 88.6 cm³/mol. The fourth-order valence-electron chi connectivity index (χ4n) is 2.20. The van der Waals surface area contributed by atoms with Crippen molar-refractivity contribution in [1.82, 2.24) is 4.90 Å². The second kappa shape index (κ2) is 5.87. The standard InChI is InChI=1S/C16H13NO2S2/c1-11(12-6-3-2-4-7-12)17-15(18)14(21-16(17)20)10-13-8-5-9-19-13/h2-11H,1H3/b14-10-/t11-/m0/s1. The van der Waals surface area contributed by atoms with Crippen molar-refractivity contribution < 1.29 is 9.21 Å². The normalized spacial score (nSPS) is 18.5. The van der Waals surface area contributed by atoms with E-state index in [4.69, 9.17) is 16.6 Å². The molecule has 1 aliphatic rings. The number of carbonyl (C=O) groups is 1. The van der Waals surface area contributed by atoms with Crippen LogP contribution >= 0.6 is 24.0 Å². The van der Waals surface area contributed by atoms with Gasteiger partial charge >= 0.3 is 0 Å². The number of benzene rings is 1. The Bertz CT molecular complexity index is 692. The number of hydrogen-bond acceptors (Lipinski definition) is 4. The summed E-state index contributed by atoms with van der Waals surface area (Å²) in [5, 5.41) is 0. The van der Waals surface area contributed by atoms with E-state index in [0.717, 1.165) is 5.56 Å². The van der Waals surface area contributed by atoms with Crippen LogP contribution < -0.4 is 0 Å². The molecule has 1 aromatic carbocycles. The fraction of sp³-hybridized carbons (Fsp3) is 0.125. The Morgan fingerprint density at radius 3 is 2.67 bits per heavy atom. The van der Waals surface area contributed by atoms with Crippen LogP contribution in [0, 0.1) is 0 Å². The van der Waals surface area contributed by atoms with Crippen LogP contribution in [-0.2, 0) is 4.79 Å². The van der Waals surface area contributed by atoms with Gasteiger partial charge in [0.25, 0.3) is 5.91 Å². The molecule has 5 heteroatoms. The lowest BCUT2D eigenvalue weighted by atomic mass is 10.1. The van der Waals surface area contributed by atoms with Gasteiger partial charge in [0.2, 0.25) is 0 Å². The Morgan fingerprint density at radius 2 is 2.00 bits per heavy atom. The van der Waals surface area contributed by atoms with E-state index in [-0.39, 0.29) is 11.9 Å². The van der Waals surface area contributed by atoms with Gasteiger partial charge in [-0.15, -0.1) is 0 Å².